The molecule has 0 unspecified atom stereocenters. The average molecular weight is 2100 g/mol. The van der Waals surface area contributed by atoms with Gasteiger partial charge in [0.1, 0.15) is 82.3 Å². The number of ketones is 4. The Hall–Kier alpha value is -5.55. The maximum Gasteiger partial charge on any atom is 2.00 e. The molecular formula is C67H73BBr4Cl8MgN22O13PS. The summed E-state index contributed by atoms with van der Waals surface area (Å²) in [6.45, 7) is 4.29. The first kappa shape index (κ1) is 105. The summed E-state index contributed by atoms with van der Waals surface area (Å²) < 4.78 is 22.0. The van der Waals surface area contributed by atoms with Crippen LogP contribution in [-0.2, 0) is 60.8 Å². The normalized spacial score (nSPS) is 18.8. The van der Waals surface area contributed by atoms with Crippen LogP contribution < -0.4 is 39.9 Å². The van der Waals surface area contributed by atoms with E-state index in [1.165, 1.54) is 18.6 Å². The number of hydrogen-bond acceptors (Lipinski definition) is 29. The van der Waals surface area contributed by atoms with Crippen LogP contribution in [-0.4, -0.2) is 187 Å². The van der Waals surface area contributed by atoms with Gasteiger partial charge in [-0.3, -0.25) is 65.7 Å². The number of imide groups is 1. The third kappa shape index (κ3) is 28.0. The van der Waals surface area contributed by atoms with Crippen molar-refractivity contribution in [3.8, 4) is 0 Å². The molecule has 0 atom stereocenters. The van der Waals surface area contributed by atoms with Crippen molar-refractivity contribution in [1.82, 2.24) is 93.9 Å². The van der Waals surface area contributed by atoms with Crippen LogP contribution in [0, 0.1) is 19.3 Å². The molecule has 12 N–H and O–H groups in total. The predicted molar refractivity (Wildman–Crippen MR) is 453 cm³/mol. The summed E-state index contributed by atoms with van der Waals surface area (Å²) in [7, 11) is 4.34. The van der Waals surface area contributed by atoms with E-state index in [-0.39, 0.29) is 149 Å². The van der Waals surface area contributed by atoms with Crippen LogP contribution in [0.15, 0.2) is 98.7 Å². The molecule has 1 saturated heterocycles. The first-order valence-corrected chi connectivity index (χ1v) is 42.8. The minimum atomic E-state index is -3.22. The zero-order chi connectivity index (χ0) is 82.6. The van der Waals surface area contributed by atoms with E-state index < -0.39 is 40.1 Å². The summed E-state index contributed by atoms with van der Waals surface area (Å²) in [6, 6.07) is 0. The van der Waals surface area contributed by atoms with Gasteiger partial charge in [-0.1, -0.05) is 58.0 Å². The van der Waals surface area contributed by atoms with Gasteiger partial charge in [-0.2, -0.15) is 0 Å². The Morgan fingerprint density at radius 2 is 0.924 bits per heavy atom. The number of nitrogens with two attached hydrogens (primary N) is 2. The van der Waals surface area contributed by atoms with Gasteiger partial charge in [0.25, 0.3) is 11.8 Å². The Kier molecular flexibility index (Phi) is 41.6. The molecule has 35 nitrogen and oxygen atoms in total. The Bertz CT molecular complexity index is 5160. The number of halogens is 12. The molecule has 7 fully saturated rings. The van der Waals surface area contributed by atoms with Crippen molar-refractivity contribution in [2.24, 2.45) is 21.9 Å². The van der Waals surface area contributed by atoms with Gasteiger partial charge in [-0.25, -0.2) is 54.6 Å². The smallest absolute Gasteiger partial charge is 1.00 e. The number of carbonyl (C=O) groups excluding carboxylic acids is 8. The minimum Gasteiger partial charge on any atom is -1.00 e. The van der Waals surface area contributed by atoms with Gasteiger partial charge in [0.05, 0.1) is 47.2 Å². The molecule has 0 spiro atoms. The molecule has 1 aliphatic heterocycles. The molecular weight excluding hydrogens is 2020 g/mol. The molecule has 10 aromatic rings. The second kappa shape index (κ2) is 46.8. The maximum atomic E-state index is 11.5. The van der Waals surface area contributed by atoms with Gasteiger partial charge in [0, 0.05) is 169 Å². The second-order valence-corrected chi connectivity index (χ2v) is 37.5. The SMILES string of the molecule is CC1(O)CC(c2nc(Br)c3c(Cl)nccn23)C1.CC1(O)CC(c2nc(Br)c3c(N)nccn23)C1.N.NCc1nccnc1Cl.O.O=C1CC(C(=O)NCc2nccnc2Cl)C1.O=C1CC(C(=O)ON2C(=O)CCC2=O)C1.O=C1CC(c2nc(Br)c3c(Cl)nccn23)C1.O=C1CC(c2ncc3c(Cl)nccn23)C1.O=P(Cl)(Cl)Cl.[B]=NS.[Br-].[CH3-].[Mg+2]. The van der Waals surface area contributed by atoms with E-state index in [0.717, 1.165) is 71.0 Å². The number of carbonyl (C=O) groups is 8. The summed E-state index contributed by atoms with van der Waals surface area (Å²) in [5.74, 6) is 3.41. The molecule has 118 heavy (non-hydrogen) atoms. The third-order valence-electron chi connectivity index (χ3n) is 18.0. The van der Waals surface area contributed by atoms with Gasteiger partial charge >= 0.3 is 59.0 Å². The van der Waals surface area contributed by atoms with E-state index in [1.807, 2.05) is 56.2 Å². The fourth-order valence-corrected chi connectivity index (χ4v) is 15.2. The van der Waals surface area contributed by atoms with Crippen molar-refractivity contribution < 1.29 is 80.4 Å². The molecule has 629 valence electrons. The first-order valence-electron chi connectivity index (χ1n) is 33.7. The number of aliphatic hydroxyl groups is 2. The fraction of sp³-hybridized carbons (Fsp3) is 0.388. The largest absolute Gasteiger partial charge is 2.00 e. The van der Waals surface area contributed by atoms with E-state index >= 15 is 0 Å². The van der Waals surface area contributed by atoms with E-state index in [9.17, 15) is 53.1 Å². The summed E-state index contributed by atoms with van der Waals surface area (Å²) in [4.78, 5) is 142. The van der Waals surface area contributed by atoms with Crippen LogP contribution >= 0.6 is 158 Å². The number of Topliss-reactive ketones (excluding diaryl/α,β-unsaturated/α-hetero) is 4. The van der Waals surface area contributed by atoms with Crippen molar-refractivity contribution in [3.63, 3.8) is 0 Å². The minimum absolute atomic E-state index is 0. The number of aromatic nitrogens is 16. The summed E-state index contributed by atoms with van der Waals surface area (Å²) in [6.07, 6.45) is 28.2. The molecule has 3 amide bonds. The van der Waals surface area contributed by atoms with Crippen molar-refractivity contribution in [3.05, 3.63) is 162 Å². The number of fused-ring (bicyclic) bond motifs is 4. The number of hydroxylamine groups is 2. The van der Waals surface area contributed by atoms with Crippen molar-refractivity contribution >= 4 is 263 Å². The zero-order valence-corrected chi connectivity index (χ0v) is 78.0. The molecule has 51 heteroatoms. The molecule has 1 radical (unpaired) electrons. The predicted octanol–water partition coefficient (Wildman–Crippen LogP) is 9.19. The first-order chi connectivity index (χ1) is 53.4. The summed E-state index contributed by atoms with van der Waals surface area (Å²) >= 11 is 56.5. The van der Waals surface area contributed by atoms with Crippen LogP contribution in [0.5, 0.6) is 0 Å². The third-order valence-corrected chi connectivity index (χ3v) is 21.1. The fourth-order valence-electron chi connectivity index (χ4n) is 12.2. The van der Waals surface area contributed by atoms with Crippen molar-refractivity contribution in [2.45, 2.75) is 152 Å². The summed E-state index contributed by atoms with van der Waals surface area (Å²) in [5, 5.41) is 21.5. The monoisotopic (exact) mass is 2090 g/mol. The van der Waals surface area contributed by atoms with E-state index in [0.29, 0.717) is 108 Å². The van der Waals surface area contributed by atoms with Gasteiger partial charge in [-0.15, -0.1) is 5.06 Å². The Morgan fingerprint density at radius 1 is 0.576 bits per heavy atom. The molecule has 11 heterocycles. The van der Waals surface area contributed by atoms with E-state index in [2.05, 4.69) is 176 Å². The number of anilines is 1. The quantitative estimate of drug-likeness (QED) is 0.0220. The van der Waals surface area contributed by atoms with Gasteiger partial charge in [-0.05, 0) is 121 Å². The molecule has 6 aliphatic carbocycles. The molecule has 7 aliphatic rings. The van der Waals surface area contributed by atoms with Crippen molar-refractivity contribution in [1.29, 1.82) is 0 Å². The topological polar surface area (TPSA) is 522 Å². The number of thiol groups is 1. The van der Waals surface area contributed by atoms with Gasteiger partial charge in [0.15, 0.2) is 31.6 Å². The Balaban J connectivity index is 0.000000284. The van der Waals surface area contributed by atoms with Crippen LogP contribution in [0.25, 0.3) is 22.1 Å². The van der Waals surface area contributed by atoms with Gasteiger partial charge < -0.3 is 67.9 Å². The van der Waals surface area contributed by atoms with E-state index in [4.69, 9.17) is 69.5 Å². The van der Waals surface area contributed by atoms with Crippen molar-refractivity contribution in [2.75, 3.05) is 5.73 Å². The number of rotatable bonds is 10. The number of hydrogen-bond donors (Lipinski definition) is 7. The number of amides is 3. The second-order valence-electron chi connectivity index (χ2n) is 26.6. The van der Waals surface area contributed by atoms with Crippen LogP contribution in [0.1, 0.15) is 162 Å². The standard InChI is InChI=1S/C11H11BrClN3O.C11H13BrN4O.C10H7BrClN3O.C10H10ClN3O2.C10H8ClN3O.C9H9NO5.C5H6ClN3.CH3.BHNS.BrH.Cl3OP.Mg.H3N.H2O/c2*1-11(17)4-6(5-11)10-15-8(12)7-9(13)14-2-3-16(7)10;11-8-7-9(12)13-1-2-15(7)10(14-8)5-3-6(16)4-5;11-9-8(12-1-2-13-9)5-14-10(16)6-3-7(15)4-6;11-9-8-5-13-10(6-3-7(15)4-6)14(8)2-1-12-9;11-6-3-5(4-6)9(14)15-10-7(12)1-2-8(10)13;6-5-4(3-7)8-1-2-9-5;;1-2-3;;1-5(2,3)4;;;/h2-3,6,17H,4-5H2,1H3;2-3,6,17H,4-5H2,1H3,(H2,13,14);1-2,5H,3-4H2;1-2,6H,3-5H2,(H,14,16);1-2,5-6H,3-4H2;5H,1-4H2;1-2H,3,7H2;1H3;3H;1H;;;1H3;1H2/q;;;;;;;-1;;;;+2;;/p-1. The number of imidazole rings is 4. The molecule has 6 saturated carbocycles. The number of nitrogens with zero attached hydrogens (tertiary/aromatic N) is 18. The molecule has 10 aromatic heterocycles. The van der Waals surface area contributed by atoms with Crippen LogP contribution in [0.3, 0.4) is 0 Å². The molecule has 17 rings (SSSR count). The van der Waals surface area contributed by atoms with Crippen LogP contribution in [0.2, 0.25) is 25.8 Å². The molecule has 0 bridgehead atoms. The average Bonchev–Trinajstić information content (AvgIpc) is 1.62. The Labute approximate surface area is 771 Å². The number of nitrogen functional groups attached to an aromatic ring is 1. The van der Waals surface area contributed by atoms with Crippen LogP contribution in [0.4, 0.5) is 5.82 Å². The zero-order valence-electron chi connectivity index (χ0n) is 62.4. The summed E-state index contributed by atoms with van der Waals surface area (Å²) in [5.41, 5.74) is 14.3. The Morgan fingerprint density at radius 3 is 1.32 bits per heavy atom. The maximum absolute atomic E-state index is 11.5. The number of nitrogens with one attached hydrogen (secondary N) is 1. The van der Waals surface area contributed by atoms with E-state index in [1.54, 1.807) is 37.2 Å². The molecule has 0 aromatic carbocycles. The van der Waals surface area contributed by atoms with Gasteiger partial charge in [0.2, 0.25) is 5.91 Å².